The van der Waals surface area contributed by atoms with Crippen LogP contribution in [-0.4, -0.2) is 28.6 Å². The van der Waals surface area contributed by atoms with Crippen molar-refractivity contribution in [3.8, 4) is 0 Å². The quantitative estimate of drug-likeness (QED) is 0.572. The molecule has 3 unspecified atom stereocenters. The van der Waals surface area contributed by atoms with Crippen LogP contribution < -0.4 is 0 Å². The Morgan fingerprint density at radius 3 is 2.47 bits per heavy atom. The Balaban J connectivity index is 2.62. The van der Waals surface area contributed by atoms with Gasteiger partial charge in [-0.25, -0.2) is 4.79 Å². The second-order valence-electron chi connectivity index (χ2n) is 5.37. The number of ketones is 1. The molecule has 17 heavy (non-hydrogen) atoms. The maximum atomic E-state index is 13.3. The third kappa shape index (κ3) is 1.17. The fourth-order valence-corrected chi connectivity index (χ4v) is 3.34. The van der Waals surface area contributed by atoms with Crippen molar-refractivity contribution in [3.05, 3.63) is 11.3 Å². The Hall–Kier alpha value is -1.39. The summed E-state index contributed by atoms with van der Waals surface area (Å²) in [6.07, 6.45) is 1.10. The number of rotatable bonds is 2. The SMILES string of the molecule is CC12CCC(/C(=C(\O)C(=O)O)C1=O)C2(C)CF. The normalized spacial score (nSPS) is 43.0. The summed E-state index contributed by atoms with van der Waals surface area (Å²) in [5.41, 5.74) is -1.86. The van der Waals surface area contributed by atoms with E-state index in [0.29, 0.717) is 12.8 Å². The zero-order valence-corrected chi connectivity index (χ0v) is 9.79. The summed E-state index contributed by atoms with van der Waals surface area (Å²) in [5.74, 6) is -3.33. The van der Waals surface area contributed by atoms with Crippen molar-refractivity contribution < 1.29 is 24.2 Å². The van der Waals surface area contributed by atoms with Crippen LogP contribution in [0.2, 0.25) is 0 Å². The zero-order chi connectivity index (χ0) is 13.0. The largest absolute Gasteiger partial charge is 0.502 e. The lowest BCUT2D eigenvalue weighted by Gasteiger charge is -2.33. The number of allylic oxidation sites excluding steroid dienone is 1. The van der Waals surface area contributed by atoms with Gasteiger partial charge in [0.25, 0.3) is 0 Å². The van der Waals surface area contributed by atoms with Gasteiger partial charge in [-0.1, -0.05) is 13.8 Å². The van der Waals surface area contributed by atoms with Crippen molar-refractivity contribution in [2.45, 2.75) is 26.7 Å². The number of Topliss-reactive ketones (excluding diaryl/α,β-unsaturated/α-hetero) is 1. The molecule has 0 aromatic rings. The molecule has 2 saturated carbocycles. The molecule has 2 aliphatic rings. The van der Waals surface area contributed by atoms with E-state index in [4.69, 9.17) is 5.11 Å². The lowest BCUT2D eigenvalue weighted by Crippen LogP contribution is -2.36. The Bertz CT molecular complexity index is 442. The Morgan fingerprint density at radius 2 is 2.06 bits per heavy atom. The minimum atomic E-state index is -1.52. The van der Waals surface area contributed by atoms with E-state index in [1.54, 1.807) is 13.8 Å². The number of hydrogen-bond acceptors (Lipinski definition) is 3. The molecule has 2 N–H and O–H groups in total. The van der Waals surface area contributed by atoms with Gasteiger partial charge < -0.3 is 10.2 Å². The van der Waals surface area contributed by atoms with Crippen molar-refractivity contribution in [1.82, 2.24) is 0 Å². The first-order valence-electron chi connectivity index (χ1n) is 5.57. The highest BCUT2D eigenvalue weighted by atomic mass is 19.1. The number of fused-ring (bicyclic) bond motifs is 2. The van der Waals surface area contributed by atoms with Crippen LogP contribution in [0.15, 0.2) is 11.3 Å². The van der Waals surface area contributed by atoms with Crippen molar-refractivity contribution >= 4 is 11.8 Å². The fraction of sp³-hybridized carbons (Fsp3) is 0.667. The average molecular weight is 242 g/mol. The Morgan fingerprint density at radius 1 is 1.47 bits per heavy atom. The highest BCUT2D eigenvalue weighted by molar-refractivity contribution is 6.09. The van der Waals surface area contributed by atoms with Crippen LogP contribution in [0.5, 0.6) is 0 Å². The van der Waals surface area contributed by atoms with Gasteiger partial charge in [0.05, 0.1) is 6.67 Å². The number of carbonyl (C=O) groups excluding carboxylic acids is 1. The summed E-state index contributed by atoms with van der Waals surface area (Å²) in [5, 5.41) is 18.3. The third-order valence-electron chi connectivity index (χ3n) is 4.79. The van der Waals surface area contributed by atoms with E-state index >= 15 is 0 Å². The summed E-state index contributed by atoms with van der Waals surface area (Å²) in [7, 11) is 0. The van der Waals surface area contributed by atoms with E-state index in [0.717, 1.165) is 0 Å². The number of aliphatic carboxylic acids is 1. The molecule has 0 aromatic heterocycles. The van der Waals surface area contributed by atoms with Gasteiger partial charge in [0.2, 0.25) is 5.76 Å². The number of halogens is 1. The molecule has 94 valence electrons. The lowest BCUT2D eigenvalue weighted by molar-refractivity contribution is -0.136. The first-order chi connectivity index (χ1) is 7.79. The summed E-state index contributed by atoms with van der Waals surface area (Å²) >= 11 is 0. The molecule has 2 rings (SSSR count). The van der Waals surface area contributed by atoms with Crippen LogP contribution >= 0.6 is 0 Å². The first kappa shape index (κ1) is 12.1. The minimum absolute atomic E-state index is 0.0913. The van der Waals surface area contributed by atoms with Gasteiger partial charge in [-0.3, -0.25) is 9.18 Å². The second-order valence-corrected chi connectivity index (χ2v) is 5.37. The first-order valence-corrected chi connectivity index (χ1v) is 5.57. The number of alkyl halides is 1. The highest BCUT2D eigenvalue weighted by Crippen LogP contribution is 2.66. The average Bonchev–Trinajstić information content (AvgIpc) is 2.62. The standard InChI is InChI=1S/C12H15FO4/c1-11-4-3-6(12(11,2)5-13)7(9(11)15)8(14)10(16)17/h6,14H,3-5H2,1-2H3,(H,16,17)/b8-7+. The van der Waals surface area contributed by atoms with Gasteiger partial charge >= 0.3 is 5.97 Å². The van der Waals surface area contributed by atoms with Crippen molar-refractivity contribution in [2.24, 2.45) is 16.7 Å². The smallest absolute Gasteiger partial charge is 0.371 e. The molecule has 0 radical (unpaired) electrons. The number of aliphatic hydroxyl groups is 1. The second kappa shape index (κ2) is 3.31. The number of carboxylic acid groups (broad SMARTS) is 1. The molecular weight excluding hydrogens is 227 g/mol. The summed E-state index contributed by atoms with van der Waals surface area (Å²) < 4.78 is 13.3. The van der Waals surface area contributed by atoms with Crippen LogP contribution in [0, 0.1) is 16.7 Å². The van der Waals surface area contributed by atoms with Gasteiger partial charge in [0.15, 0.2) is 5.78 Å². The number of carboxylic acids is 1. The molecule has 0 saturated heterocycles. The zero-order valence-electron chi connectivity index (χ0n) is 9.79. The maximum absolute atomic E-state index is 13.3. The summed E-state index contributed by atoms with van der Waals surface area (Å²) in [6, 6.07) is 0. The van der Waals surface area contributed by atoms with Gasteiger partial charge in [0.1, 0.15) is 0 Å². The van der Waals surface area contributed by atoms with Crippen LogP contribution in [-0.2, 0) is 9.59 Å². The summed E-state index contributed by atoms with van der Waals surface area (Å²) in [6.45, 7) is 2.64. The molecule has 2 bridgehead atoms. The van der Waals surface area contributed by atoms with Crippen LogP contribution in [0.3, 0.4) is 0 Å². The molecule has 4 nitrogen and oxygen atoms in total. The number of aliphatic hydroxyl groups excluding tert-OH is 1. The van der Waals surface area contributed by atoms with Crippen LogP contribution in [0.25, 0.3) is 0 Å². The van der Waals surface area contributed by atoms with E-state index in [1.807, 2.05) is 0 Å². The molecule has 0 aliphatic heterocycles. The van der Waals surface area contributed by atoms with Crippen LogP contribution in [0.4, 0.5) is 4.39 Å². The number of hydrogen-bond donors (Lipinski definition) is 2. The fourth-order valence-electron chi connectivity index (χ4n) is 3.34. The summed E-state index contributed by atoms with van der Waals surface area (Å²) in [4.78, 5) is 22.9. The van der Waals surface area contributed by atoms with Crippen molar-refractivity contribution in [1.29, 1.82) is 0 Å². The maximum Gasteiger partial charge on any atom is 0.371 e. The van der Waals surface area contributed by atoms with E-state index < -0.39 is 40.9 Å². The Kier molecular flexibility index (Phi) is 2.35. The molecule has 2 fully saturated rings. The van der Waals surface area contributed by atoms with E-state index in [9.17, 15) is 19.1 Å². The Labute approximate surface area is 98.1 Å². The predicted octanol–water partition coefficient (Wildman–Crippen LogP) is 1.86. The molecule has 2 aliphatic carbocycles. The molecule has 0 heterocycles. The molecule has 5 heteroatoms. The van der Waals surface area contributed by atoms with Crippen molar-refractivity contribution in [3.63, 3.8) is 0 Å². The molecular formula is C12H15FO4. The lowest BCUT2D eigenvalue weighted by atomic mass is 9.70. The van der Waals surface area contributed by atoms with Gasteiger partial charge in [-0.05, 0) is 12.8 Å². The van der Waals surface area contributed by atoms with Gasteiger partial charge in [-0.2, -0.15) is 0 Å². The monoisotopic (exact) mass is 242 g/mol. The highest BCUT2D eigenvalue weighted by Gasteiger charge is 2.67. The predicted molar refractivity (Wildman–Crippen MR) is 57.2 cm³/mol. The topological polar surface area (TPSA) is 74.6 Å². The number of carbonyl (C=O) groups is 2. The van der Waals surface area contributed by atoms with E-state index in [2.05, 4.69) is 0 Å². The van der Waals surface area contributed by atoms with Gasteiger partial charge in [-0.15, -0.1) is 0 Å². The van der Waals surface area contributed by atoms with Crippen molar-refractivity contribution in [2.75, 3.05) is 6.67 Å². The van der Waals surface area contributed by atoms with E-state index in [1.165, 1.54) is 0 Å². The van der Waals surface area contributed by atoms with E-state index in [-0.39, 0.29) is 5.57 Å². The minimum Gasteiger partial charge on any atom is -0.502 e. The molecule has 0 aromatic carbocycles. The van der Waals surface area contributed by atoms with Gasteiger partial charge in [0, 0.05) is 22.3 Å². The third-order valence-corrected chi connectivity index (χ3v) is 4.79. The molecule has 0 spiro atoms. The van der Waals surface area contributed by atoms with Crippen LogP contribution in [0.1, 0.15) is 26.7 Å². The molecule has 0 amide bonds. The molecule has 3 atom stereocenters.